The Morgan fingerprint density at radius 1 is 1.22 bits per heavy atom. The van der Waals surface area contributed by atoms with E-state index in [2.05, 4.69) is 6.07 Å². The summed E-state index contributed by atoms with van der Waals surface area (Å²) in [5.74, 6) is -1.54. The minimum atomic E-state index is -0.769. The molecular weight excluding hydrogens is 124 g/mol. The molecule has 1 rings (SSSR count). The van der Waals surface area contributed by atoms with Crippen molar-refractivity contribution in [1.82, 2.24) is 0 Å². The van der Waals surface area contributed by atoms with Crippen LogP contribution in [0.3, 0.4) is 0 Å². The van der Waals surface area contributed by atoms with Crippen molar-refractivity contribution >= 4 is 5.69 Å². The Morgan fingerprint density at radius 3 is 2.00 bits per heavy atom. The van der Waals surface area contributed by atoms with Crippen molar-refractivity contribution in [3.8, 4) is 0 Å². The predicted molar refractivity (Wildman–Crippen MR) is 29.6 cm³/mol. The van der Waals surface area contributed by atoms with Crippen LogP contribution in [-0.2, 0) is 0 Å². The van der Waals surface area contributed by atoms with Gasteiger partial charge in [-0.2, -0.15) is 0 Å². The predicted octanol–water partition coefficient (Wildman–Crippen LogP) is 1.35. The molecule has 0 aromatic heterocycles. The zero-order valence-electron chi connectivity index (χ0n) is 4.49. The Labute approximate surface area is 51.1 Å². The number of hydrogen-bond acceptors (Lipinski definition) is 1. The molecule has 1 aromatic carbocycles. The van der Waals surface area contributed by atoms with Crippen molar-refractivity contribution in [3.05, 3.63) is 29.8 Å². The number of hydrogen-bond donors (Lipinski definition) is 1. The average molecular weight is 128 g/mol. The van der Waals surface area contributed by atoms with Crippen LogP contribution < -0.4 is 5.73 Å². The average Bonchev–Trinajstić information content (AvgIpc) is 1.83. The number of nitrogen functional groups attached to an aromatic ring is 1. The van der Waals surface area contributed by atoms with E-state index < -0.39 is 17.3 Å². The largest absolute Gasteiger partial charge is 0.394 e. The summed E-state index contributed by atoms with van der Waals surface area (Å²) in [6.07, 6.45) is 0. The lowest BCUT2D eigenvalue weighted by atomic mass is 10.3. The van der Waals surface area contributed by atoms with Crippen molar-refractivity contribution in [3.63, 3.8) is 0 Å². The Kier molecular flexibility index (Phi) is 1.34. The van der Waals surface area contributed by atoms with Crippen LogP contribution in [0.25, 0.3) is 0 Å². The lowest BCUT2D eigenvalue weighted by Crippen LogP contribution is -1.93. The molecule has 2 N–H and O–H groups in total. The molecule has 1 nitrogen and oxygen atoms in total. The van der Waals surface area contributed by atoms with E-state index in [1.165, 1.54) is 0 Å². The highest BCUT2D eigenvalue weighted by Crippen LogP contribution is 2.11. The highest BCUT2D eigenvalue weighted by Gasteiger charge is 2.00. The van der Waals surface area contributed by atoms with Gasteiger partial charge in [0.25, 0.3) is 0 Å². The fraction of sp³-hybridized carbons (Fsp3) is 0. The zero-order chi connectivity index (χ0) is 6.85. The van der Waals surface area contributed by atoms with Crippen LogP contribution in [0.4, 0.5) is 14.5 Å². The first-order valence-corrected chi connectivity index (χ1v) is 2.32. The maximum atomic E-state index is 12.2. The van der Waals surface area contributed by atoms with Crippen LogP contribution in [0.15, 0.2) is 12.1 Å². The molecule has 0 saturated carbocycles. The van der Waals surface area contributed by atoms with Gasteiger partial charge in [-0.25, -0.2) is 8.78 Å². The molecule has 47 valence electrons. The quantitative estimate of drug-likeness (QED) is 0.524. The van der Waals surface area contributed by atoms with Crippen LogP contribution in [-0.4, -0.2) is 0 Å². The fourth-order valence-electron chi connectivity index (χ4n) is 0.458. The summed E-state index contributed by atoms with van der Waals surface area (Å²) in [4.78, 5) is 0. The Hall–Kier alpha value is -1.12. The highest BCUT2D eigenvalue weighted by atomic mass is 19.1. The molecule has 0 atom stereocenters. The number of nitrogens with two attached hydrogens (primary N) is 1. The number of benzene rings is 1. The van der Waals surface area contributed by atoms with Gasteiger partial charge < -0.3 is 5.73 Å². The Bertz CT molecular complexity index is 202. The van der Waals surface area contributed by atoms with E-state index in [0.29, 0.717) is 0 Å². The maximum absolute atomic E-state index is 12.2. The number of halogens is 2. The summed E-state index contributed by atoms with van der Waals surface area (Å²) < 4.78 is 24.4. The standard InChI is InChI=1S/C6H4F2N/c7-4-2-1-3-5(8)6(4)9/h2-3H,9H2. The molecule has 0 heterocycles. The lowest BCUT2D eigenvalue weighted by Gasteiger charge is -1.93. The summed E-state index contributed by atoms with van der Waals surface area (Å²) in [6, 6.07) is 4.21. The molecule has 0 aliphatic rings. The van der Waals surface area contributed by atoms with E-state index >= 15 is 0 Å². The normalized spacial score (nSPS) is 9.56. The molecule has 0 saturated heterocycles. The second kappa shape index (κ2) is 2.01. The number of rotatable bonds is 0. The Morgan fingerprint density at radius 2 is 1.67 bits per heavy atom. The van der Waals surface area contributed by atoms with Crippen molar-refractivity contribution in [2.75, 3.05) is 5.73 Å². The van der Waals surface area contributed by atoms with E-state index in [1.807, 2.05) is 0 Å². The third kappa shape index (κ3) is 0.988. The highest BCUT2D eigenvalue weighted by molar-refractivity contribution is 5.39. The molecule has 1 radical (unpaired) electrons. The molecular formula is C6H4F2N. The molecule has 0 spiro atoms. The fourth-order valence-corrected chi connectivity index (χ4v) is 0.458. The first-order valence-electron chi connectivity index (χ1n) is 2.32. The van der Waals surface area contributed by atoms with Gasteiger partial charge in [0.05, 0.1) is 0 Å². The third-order valence-electron chi connectivity index (χ3n) is 0.935. The minimum Gasteiger partial charge on any atom is -0.394 e. The molecule has 0 unspecified atom stereocenters. The van der Waals surface area contributed by atoms with Crippen LogP contribution >= 0.6 is 0 Å². The first-order chi connectivity index (χ1) is 4.22. The van der Waals surface area contributed by atoms with Gasteiger partial charge in [-0.15, -0.1) is 0 Å². The van der Waals surface area contributed by atoms with Crippen LogP contribution in [0, 0.1) is 17.7 Å². The van der Waals surface area contributed by atoms with E-state index in [1.54, 1.807) is 0 Å². The molecule has 0 aliphatic carbocycles. The molecule has 1 aromatic rings. The smallest absolute Gasteiger partial charge is 0.149 e. The maximum Gasteiger partial charge on any atom is 0.149 e. The van der Waals surface area contributed by atoms with E-state index in [4.69, 9.17) is 5.73 Å². The van der Waals surface area contributed by atoms with Gasteiger partial charge >= 0.3 is 0 Å². The first kappa shape index (κ1) is 6.01. The third-order valence-corrected chi connectivity index (χ3v) is 0.935. The van der Waals surface area contributed by atoms with Crippen molar-refractivity contribution in [2.45, 2.75) is 0 Å². The zero-order valence-corrected chi connectivity index (χ0v) is 4.49. The van der Waals surface area contributed by atoms with Crippen molar-refractivity contribution < 1.29 is 8.78 Å². The van der Waals surface area contributed by atoms with Crippen LogP contribution in [0.1, 0.15) is 0 Å². The topological polar surface area (TPSA) is 26.0 Å². The van der Waals surface area contributed by atoms with E-state index in [-0.39, 0.29) is 0 Å². The monoisotopic (exact) mass is 128 g/mol. The second-order valence-corrected chi connectivity index (χ2v) is 1.56. The van der Waals surface area contributed by atoms with Gasteiger partial charge in [-0.1, -0.05) is 0 Å². The molecule has 0 bridgehead atoms. The number of anilines is 1. The summed E-state index contributed by atoms with van der Waals surface area (Å²) >= 11 is 0. The van der Waals surface area contributed by atoms with Gasteiger partial charge in [0.15, 0.2) is 0 Å². The van der Waals surface area contributed by atoms with E-state index in [0.717, 1.165) is 12.1 Å². The van der Waals surface area contributed by atoms with Crippen LogP contribution in [0.2, 0.25) is 0 Å². The summed E-state index contributed by atoms with van der Waals surface area (Å²) in [5.41, 5.74) is 4.46. The summed E-state index contributed by atoms with van der Waals surface area (Å²) in [5, 5.41) is 0. The van der Waals surface area contributed by atoms with Crippen molar-refractivity contribution in [2.24, 2.45) is 0 Å². The van der Waals surface area contributed by atoms with Gasteiger partial charge in [-0.05, 0) is 18.2 Å². The van der Waals surface area contributed by atoms with Gasteiger partial charge in [-0.3, -0.25) is 0 Å². The van der Waals surface area contributed by atoms with Gasteiger partial charge in [0, 0.05) is 0 Å². The van der Waals surface area contributed by atoms with Gasteiger partial charge in [0.1, 0.15) is 17.3 Å². The Balaban J connectivity index is 3.25. The minimum absolute atomic E-state index is 0.450. The molecule has 0 aliphatic heterocycles. The molecule has 3 heteroatoms. The van der Waals surface area contributed by atoms with Gasteiger partial charge in [0.2, 0.25) is 0 Å². The summed E-state index contributed by atoms with van der Waals surface area (Å²) in [7, 11) is 0. The SMILES string of the molecule is Nc1c(F)c[c]cc1F. The van der Waals surface area contributed by atoms with Crippen LogP contribution in [0.5, 0.6) is 0 Å². The molecule has 9 heavy (non-hydrogen) atoms. The van der Waals surface area contributed by atoms with E-state index in [9.17, 15) is 8.78 Å². The molecule has 0 fully saturated rings. The lowest BCUT2D eigenvalue weighted by molar-refractivity contribution is 0.591. The molecule has 0 amide bonds. The van der Waals surface area contributed by atoms with Crippen molar-refractivity contribution in [1.29, 1.82) is 0 Å². The second-order valence-electron chi connectivity index (χ2n) is 1.56. The summed E-state index contributed by atoms with van der Waals surface area (Å²) in [6.45, 7) is 0.